The van der Waals surface area contributed by atoms with Gasteiger partial charge in [0.15, 0.2) is 17.5 Å². The maximum Gasteiger partial charge on any atom is 0.164 e. The van der Waals surface area contributed by atoms with Gasteiger partial charge in [-0.3, -0.25) is 0 Å². The van der Waals surface area contributed by atoms with Gasteiger partial charge in [-0.2, -0.15) is 0 Å². The summed E-state index contributed by atoms with van der Waals surface area (Å²) in [5, 5.41) is 6.37. The molecule has 0 N–H and O–H groups in total. The van der Waals surface area contributed by atoms with Gasteiger partial charge in [0.2, 0.25) is 0 Å². The molecule has 3 aromatic heterocycles. The number of aromatic nitrogens is 5. The van der Waals surface area contributed by atoms with Crippen molar-refractivity contribution < 1.29 is 0 Å². The lowest BCUT2D eigenvalue weighted by molar-refractivity contribution is 1.07. The van der Waals surface area contributed by atoms with Gasteiger partial charge in [-0.1, -0.05) is 164 Å². The molecular formula is C53H39N5Si. The minimum Gasteiger partial charge on any atom is -0.309 e. The van der Waals surface area contributed by atoms with Gasteiger partial charge in [-0.25, -0.2) is 15.0 Å². The Hall–Kier alpha value is -7.41. The summed E-state index contributed by atoms with van der Waals surface area (Å²) in [4.78, 5) is 15.0. The molecule has 0 aliphatic rings. The Balaban J connectivity index is 1.10. The van der Waals surface area contributed by atoms with E-state index in [9.17, 15) is 0 Å². The molecule has 59 heavy (non-hydrogen) atoms. The van der Waals surface area contributed by atoms with E-state index in [1.165, 1.54) is 49.0 Å². The van der Waals surface area contributed by atoms with Crippen LogP contribution >= 0.6 is 0 Å². The molecule has 11 aromatic rings. The largest absolute Gasteiger partial charge is 0.309 e. The summed E-state index contributed by atoms with van der Waals surface area (Å²) in [6.07, 6.45) is 0. The first-order valence-electron chi connectivity index (χ1n) is 20.2. The van der Waals surface area contributed by atoms with Gasteiger partial charge in [-0.05, 0) is 54.1 Å². The van der Waals surface area contributed by atoms with E-state index >= 15 is 0 Å². The highest BCUT2D eigenvalue weighted by Crippen LogP contribution is 2.41. The molecule has 0 radical (unpaired) electrons. The van der Waals surface area contributed by atoms with Crippen LogP contribution in [0.1, 0.15) is 0 Å². The van der Waals surface area contributed by atoms with E-state index in [2.05, 4.69) is 156 Å². The van der Waals surface area contributed by atoms with E-state index in [-0.39, 0.29) is 0 Å². The molecule has 0 unspecified atom stereocenters. The normalized spacial score (nSPS) is 11.7. The molecule has 0 amide bonds. The number of hydrogen-bond acceptors (Lipinski definition) is 3. The fourth-order valence-electron chi connectivity index (χ4n) is 8.67. The highest BCUT2D eigenvalue weighted by Gasteiger charge is 2.20. The van der Waals surface area contributed by atoms with Crippen molar-refractivity contribution in [1.29, 1.82) is 0 Å². The molecule has 5 nitrogen and oxygen atoms in total. The Bertz CT molecular complexity index is 3290. The molecular weight excluding hydrogens is 735 g/mol. The van der Waals surface area contributed by atoms with Crippen LogP contribution in [0.4, 0.5) is 0 Å². The molecule has 3 heterocycles. The summed E-state index contributed by atoms with van der Waals surface area (Å²) in [7, 11) is -0.900. The lowest BCUT2D eigenvalue weighted by Crippen LogP contribution is -2.21. The quantitative estimate of drug-likeness (QED) is 0.152. The van der Waals surface area contributed by atoms with E-state index in [1.807, 2.05) is 60.7 Å². The Morgan fingerprint density at radius 3 is 1.51 bits per heavy atom. The van der Waals surface area contributed by atoms with E-state index in [0.717, 1.165) is 39.0 Å². The third kappa shape index (κ3) is 5.96. The van der Waals surface area contributed by atoms with Crippen molar-refractivity contribution in [3.05, 3.63) is 194 Å². The molecule has 0 aliphatic heterocycles. The molecule has 11 rings (SSSR count). The maximum absolute atomic E-state index is 5.06. The first-order chi connectivity index (χ1) is 29.1. The Labute approximate surface area is 344 Å². The van der Waals surface area contributed by atoms with E-state index < -0.39 is 8.80 Å². The first kappa shape index (κ1) is 34.8. The number of fused-ring (bicyclic) bond motifs is 6. The van der Waals surface area contributed by atoms with Crippen molar-refractivity contribution in [2.75, 3.05) is 0 Å². The molecule has 0 bridgehead atoms. The highest BCUT2D eigenvalue weighted by atomic mass is 28.3. The number of hydrogen-bond donors (Lipinski definition) is 0. The van der Waals surface area contributed by atoms with E-state index in [0.29, 0.717) is 17.5 Å². The Morgan fingerprint density at radius 1 is 0.356 bits per heavy atom. The molecule has 0 atom stereocenters. The van der Waals surface area contributed by atoms with Crippen molar-refractivity contribution in [3.63, 3.8) is 0 Å². The summed E-state index contributed by atoms with van der Waals surface area (Å²) >= 11 is 0. The minimum absolute atomic E-state index is 0.634. The predicted molar refractivity (Wildman–Crippen MR) is 249 cm³/mol. The number of benzene rings is 8. The number of nitrogens with zero attached hydrogens (tertiary/aromatic N) is 5. The van der Waals surface area contributed by atoms with Gasteiger partial charge in [0, 0.05) is 55.2 Å². The monoisotopic (exact) mass is 773 g/mol. The van der Waals surface area contributed by atoms with Gasteiger partial charge in [-0.15, -0.1) is 0 Å². The minimum atomic E-state index is -0.900. The number of rotatable bonds is 7. The first-order valence-corrected chi connectivity index (χ1v) is 23.1. The van der Waals surface area contributed by atoms with Crippen LogP contribution in [0.25, 0.3) is 100 Å². The topological polar surface area (TPSA) is 48.5 Å². The summed E-state index contributed by atoms with van der Waals surface area (Å²) in [6, 6.07) is 69.3. The average Bonchev–Trinajstić information content (AvgIpc) is 3.82. The van der Waals surface area contributed by atoms with Crippen LogP contribution in [-0.2, 0) is 0 Å². The summed E-state index contributed by atoms with van der Waals surface area (Å²) in [5.41, 5.74) is 12.1. The molecule has 0 aliphatic carbocycles. The Kier molecular flexibility index (Phi) is 8.38. The second-order valence-corrected chi connectivity index (χ2v) is 18.4. The highest BCUT2D eigenvalue weighted by molar-refractivity contribution is 6.70. The average molecular weight is 774 g/mol. The third-order valence-corrected chi connectivity index (χ3v) is 13.3. The van der Waals surface area contributed by atoms with Crippen LogP contribution in [0.5, 0.6) is 0 Å². The zero-order valence-electron chi connectivity index (χ0n) is 32.8. The lowest BCUT2D eigenvalue weighted by atomic mass is 9.99. The smallest absolute Gasteiger partial charge is 0.164 e. The Morgan fingerprint density at radius 2 is 0.847 bits per heavy atom. The van der Waals surface area contributed by atoms with Crippen LogP contribution in [-0.4, -0.2) is 32.9 Å². The molecule has 280 valence electrons. The maximum atomic E-state index is 5.06. The summed E-state index contributed by atoms with van der Waals surface area (Å²) in [5.74, 6) is 1.93. The zero-order valence-corrected chi connectivity index (χ0v) is 33.9. The fourth-order valence-corrected chi connectivity index (χ4v) is 9.63. The molecule has 0 saturated carbocycles. The third-order valence-electron chi connectivity index (χ3n) is 11.6. The number of para-hydroxylation sites is 3. The molecule has 0 saturated heterocycles. The predicted octanol–water partition coefficient (Wildman–Crippen LogP) is 12.4. The van der Waals surface area contributed by atoms with Gasteiger partial charge in [0.1, 0.15) is 0 Å². The standard InChI is InChI=1S/C53H39N5Si/c1-59(2)41-30-27-39(28-31-41)57-47-25-11-10-22-44(47)46-34-40(29-32-49(46)57)58-48-26-12-9-21-43(48)45-24-14-23-42(50(45)58)37-19-13-20-38(33-37)53-55-51(35-15-5-3-6-16-35)54-52(56-53)36-17-7-4-8-18-36/h3-34,59H,1-2H3. The van der Waals surface area contributed by atoms with Crippen molar-refractivity contribution >= 4 is 57.6 Å². The summed E-state index contributed by atoms with van der Waals surface area (Å²) < 4.78 is 4.86. The van der Waals surface area contributed by atoms with E-state index in [1.54, 1.807) is 0 Å². The van der Waals surface area contributed by atoms with Crippen molar-refractivity contribution in [2.45, 2.75) is 13.1 Å². The van der Waals surface area contributed by atoms with Gasteiger partial charge in [0.25, 0.3) is 0 Å². The van der Waals surface area contributed by atoms with Crippen LogP contribution in [0.2, 0.25) is 13.1 Å². The van der Waals surface area contributed by atoms with Crippen LogP contribution in [0.3, 0.4) is 0 Å². The van der Waals surface area contributed by atoms with Gasteiger partial charge in [0.05, 0.1) is 30.9 Å². The van der Waals surface area contributed by atoms with E-state index in [4.69, 9.17) is 15.0 Å². The molecule has 6 heteroatoms. The van der Waals surface area contributed by atoms with Crippen molar-refractivity contribution in [2.24, 2.45) is 0 Å². The fraction of sp³-hybridized carbons (Fsp3) is 0.0377. The van der Waals surface area contributed by atoms with Crippen molar-refractivity contribution in [3.8, 4) is 56.7 Å². The second-order valence-electron chi connectivity index (χ2n) is 15.5. The second kappa shape index (κ2) is 14.2. The van der Waals surface area contributed by atoms with Crippen molar-refractivity contribution in [1.82, 2.24) is 24.1 Å². The zero-order chi connectivity index (χ0) is 39.5. The SMILES string of the molecule is C[SiH](C)c1ccc(-n2c3ccccc3c3cc(-n4c5ccccc5c5cccc(-c6cccc(-c7nc(-c8ccccc8)nc(-c8ccccc8)n7)c6)c54)ccc32)cc1. The van der Waals surface area contributed by atoms with Gasteiger partial charge < -0.3 is 9.13 Å². The van der Waals surface area contributed by atoms with Crippen LogP contribution in [0, 0.1) is 0 Å². The van der Waals surface area contributed by atoms with Crippen LogP contribution in [0.15, 0.2) is 194 Å². The van der Waals surface area contributed by atoms with Gasteiger partial charge >= 0.3 is 0 Å². The molecule has 0 spiro atoms. The summed E-state index contributed by atoms with van der Waals surface area (Å²) in [6.45, 7) is 4.76. The molecule has 0 fully saturated rings. The van der Waals surface area contributed by atoms with Crippen LogP contribution < -0.4 is 5.19 Å². The lowest BCUT2D eigenvalue weighted by Gasteiger charge is -2.14. The molecule has 8 aromatic carbocycles.